The molecule has 1 atom stereocenters. The molecule has 0 unspecified atom stereocenters. The molecule has 0 amide bonds. The largest absolute Gasteiger partial charge is 0.481 e. The van der Waals surface area contributed by atoms with Crippen LogP contribution in [-0.4, -0.2) is 35.2 Å². The van der Waals surface area contributed by atoms with E-state index in [4.69, 9.17) is 16.3 Å². The summed E-state index contributed by atoms with van der Waals surface area (Å²) in [5.74, 6) is -1.60. The zero-order valence-corrected chi connectivity index (χ0v) is 19.8. The van der Waals surface area contributed by atoms with Gasteiger partial charge in [0.1, 0.15) is 5.75 Å². The summed E-state index contributed by atoms with van der Waals surface area (Å²) >= 11 is 5.97. The predicted octanol–water partition coefficient (Wildman–Crippen LogP) is 3.15. The molecule has 0 bridgehead atoms. The van der Waals surface area contributed by atoms with Crippen molar-refractivity contribution >= 4 is 29.2 Å². The maximum atomic E-state index is 13.3. The smallest absolute Gasteiger partial charge is 0.354 e. The van der Waals surface area contributed by atoms with Crippen molar-refractivity contribution in [3.63, 3.8) is 0 Å². The van der Waals surface area contributed by atoms with Crippen molar-refractivity contribution in [3.8, 4) is 11.8 Å². The molecule has 0 spiro atoms. The fourth-order valence-corrected chi connectivity index (χ4v) is 3.35. The Balaban J connectivity index is 1.66. The van der Waals surface area contributed by atoms with Crippen molar-refractivity contribution in [1.82, 2.24) is 24.1 Å². The summed E-state index contributed by atoms with van der Waals surface area (Å²) in [6, 6.07) is 15.4. The number of anilines is 2. The molecule has 2 N–H and O–H groups in total. The van der Waals surface area contributed by atoms with E-state index < -0.39 is 23.3 Å². The molecule has 4 rings (SSSR count). The molecule has 0 aliphatic rings. The number of carbonyl (C=O) groups is 1. The average molecular weight is 509 g/mol. The first-order chi connectivity index (χ1) is 17.3. The van der Waals surface area contributed by atoms with Gasteiger partial charge in [0.15, 0.2) is 0 Å². The number of aliphatic carboxylic acids is 1. The van der Waals surface area contributed by atoms with Crippen LogP contribution in [0.25, 0.3) is 0 Å². The van der Waals surface area contributed by atoms with Gasteiger partial charge in [0, 0.05) is 29.6 Å². The first kappa shape index (κ1) is 24.6. The minimum atomic E-state index is -1.13. The van der Waals surface area contributed by atoms with Gasteiger partial charge in [-0.05, 0) is 48.0 Å². The zero-order valence-electron chi connectivity index (χ0n) is 19.0. The van der Waals surface area contributed by atoms with E-state index in [1.807, 2.05) is 0 Å². The van der Waals surface area contributed by atoms with Crippen LogP contribution in [0, 0.1) is 5.92 Å². The molecule has 0 fully saturated rings. The van der Waals surface area contributed by atoms with Crippen molar-refractivity contribution in [1.29, 1.82) is 0 Å². The van der Waals surface area contributed by atoms with E-state index in [2.05, 4.69) is 20.3 Å². The minimum absolute atomic E-state index is 0.000705. The number of hydrogen-bond donors (Lipinski definition) is 2. The van der Waals surface area contributed by atoms with Gasteiger partial charge >= 0.3 is 23.4 Å². The fourth-order valence-electron chi connectivity index (χ4n) is 3.23. The minimum Gasteiger partial charge on any atom is -0.481 e. The second-order valence-corrected chi connectivity index (χ2v) is 8.28. The molecule has 0 aliphatic heterocycles. The van der Waals surface area contributed by atoms with Gasteiger partial charge in [-0.3, -0.25) is 9.36 Å². The Bertz CT molecular complexity index is 1470. The Morgan fingerprint density at radius 3 is 2.36 bits per heavy atom. The van der Waals surface area contributed by atoms with Crippen LogP contribution in [0.3, 0.4) is 0 Å². The van der Waals surface area contributed by atoms with Crippen LogP contribution >= 0.6 is 11.6 Å². The van der Waals surface area contributed by atoms with Crippen molar-refractivity contribution in [3.05, 3.63) is 98.5 Å². The van der Waals surface area contributed by atoms with Gasteiger partial charge in [-0.15, -0.1) is 0 Å². The lowest BCUT2D eigenvalue weighted by Gasteiger charge is -2.16. The van der Waals surface area contributed by atoms with Crippen molar-refractivity contribution in [2.75, 3.05) is 5.32 Å². The highest BCUT2D eigenvalue weighted by atomic mass is 35.5. The van der Waals surface area contributed by atoms with Crippen LogP contribution in [0.15, 0.2) is 76.6 Å². The highest BCUT2D eigenvalue weighted by Gasteiger charge is 2.19. The maximum absolute atomic E-state index is 13.3. The maximum Gasteiger partial charge on any atom is 0.354 e. The number of aromatic nitrogens is 5. The van der Waals surface area contributed by atoms with Crippen LogP contribution in [0.5, 0.6) is 11.8 Å². The number of carboxylic acid groups (broad SMARTS) is 1. The Morgan fingerprint density at radius 2 is 1.72 bits per heavy atom. The lowest BCUT2D eigenvalue weighted by Crippen LogP contribution is -2.44. The third kappa shape index (κ3) is 5.94. The van der Waals surface area contributed by atoms with E-state index in [-0.39, 0.29) is 25.0 Å². The fraction of sp³-hybridized carbons (Fsp3) is 0.167. The van der Waals surface area contributed by atoms with Crippen molar-refractivity contribution in [2.45, 2.75) is 20.0 Å². The molecular formula is C24H21ClN6O5. The standard InChI is InChI=1S/C24H21ClN6O5/c1-15(20(32)33)13-31-23(34)29-21(30(24(31)35)14-16-3-5-17(25)6-4-16)28-18-7-9-19(10-8-18)36-22-26-11-2-12-27-22/h2-12,15H,13-14H2,1H3,(H,32,33)(H,28,29,34)/t15-/m0/s1. The summed E-state index contributed by atoms with van der Waals surface area (Å²) in [6.07, 6.45) is 3.12. The van der Waals surface area contributed by atoms with E-state index >= 15 is 0 Å². The third-order valence-electron chi connectivity index (χ3n) is 5.14. The number of nitrogens with zero attached hydrogens (tertiary/aromatic N) is 5. The summed E-state index contributed by atoms with van der Waals surface area (Å²) < 4.78 is 7.65. The van der Waals surface area contributed by atoms with Gasteiger partial charge in [-0.1, -0.05) is 30.7 Å². The zero-order chi connectivity index (χ0) is 25.7. The van der Waals surface area contributed by atoms with E-state index in [9.17, 15) is 19.5 Å². The summed E-state index contributed by atoms with van der Waals surface area (Å²) in [5.41, 5.74) is -0.288. The molecule has 12 heteroatoms. The van der Waals surface area contributed by atoms with Crippen LogP contribution in [0.4, 0.5) is 11.6 Å². The molecule has 0 saturated heterocycles. The molecule has 184 valence electrons. The summed E-state index contributed by atoms with van der Waals surface area (Å²) in [5, 5.41) is 12.8. The van der Waals surface area contributed by atoms with Gasteiger partial charge in [0.2, 0.25) is 5.95 Å². The number of ether oxygens (including phenoxy) is 1. The van der Waals surface area contributed by atoms with Gasteiger partial charge in [0.25, 0.3) is 0 Å². The van der Waals surface area contributed by atoms with Crippen LogP contribution in [0.2, 0.25) is 5.02 Å². The SMILES string of the molecule is C[C@@H](Cn1c(=O)nc(Nc2ccc(Oc3ncccn3)cc2)n(Cc2ccc(Cl)cc2)c1=O)C(=O)O. The highest BCUT2D eigenvalue weighted by Crippen LogP contribution is 2.22. The molecule has 2 aromatic heterocycles. The molecule has 11 nitrogen and oxygen atoms in total. The van der Waals surface area contributed by atoms with Crippen molar-refractivity contribution < 1.29 is 14.6 Å². The normalized spacial score (nSPS) is 11.6. The Kier molecular flexibility index (Phi) is 7.40. The number of halogens is 1. The van der Waals surface area contributed by atoms with Crippen LogP contribution in [0.1, 0.15) is 12.5 Å². The summed E-state index contributed by atoms with van der Waals surface area (Å²) in [4.78, 5) is 49.3. The molecular weight excluding hydrogens is 488 g/mol. The highest BCUT2D eigenvalue weighted by molar-refractivity contribution is 6.30. The van der Waals surface area contributed by atoms with Gasteiger partial charge in [0.05, 0.1) is 12.5 Å². The molecule has 4 aromatic rings. The second-order valence-electron chi connectivity index (χ2n) is 7.85. The first-order valence-electron chi connectivity index (χ1n) is 10.8. The Labute approximate surface area is 209 Å². The van der Waals surface area contributed by atoms with E-state index in [1.54, 1.807) is 67.0 Å². The number of benzene rings is 2. The Morgan fingerprint density at radius 1 is 1.06 bits per heavy atom. The number of nitrogens with one attached hydrogen (secondary N) is 1. The van der Waals surface area contributed by atoms with E-state index in [0.717, 1.165) is 10.1 Å². The van der Waals surface area contributed by atoms with Gasteiger partial charge in [-0.25, -0.2) is 24.1 Å². The number of rotatable bonds is 9. The average Bonchev–Trinajstić information content (AvgIpc) is 2.87. The van der Waals surface area contributed by atoms with Crippen molar-refractivity contribution in [2.24, 2.45) is 5.92 Å². The molecule has 2 heterocycles. The first-order valence-corrected chi connectivity index (χ1v) is 11.2. The second kappa shape index (κ2) is 10.8. The van der Waals surface area contributed by atoms with E-state index in [1.165, 1.54) is 11.5 Å². The van der Waals surface area contributed by atoms with E-state index in [0.29, 0.717) is 16.5 Å². The van der Waals surface area contributed by atoms with Crippen LogP contribution in [-0.2, 0) is 17.9 Å². The lowest BCUT2D eigenvalue weighted by molar-refractivity contribution is -0.141. The summed E-state index contributed by atoms with van der Waals surface area (Å²) in [7, 11) is 0. The van der Waals surface area contributed by atoms with Crippen LogP contribution < -0.4 is 21.4 Å². The number of hydrogen-bond acceptors (Lipinski definition) is 8. The lowest BCUT2D eigenvalue weighted by atomic mass is 10.2. The quantitative estimate of drug-likeness (QED) is 0.348. The summed E-state index contributed by atoms with van der Waals surface area (Å²) in [6.45, 7) is 1.17. The van der Waals surface area contributed by atoms with Gasteiger partial charge < -0.3 is 15.2 Å². The molecule has 0 saturated carbocycles. The molecule has 2 aromatic carbocycles. The number of carboxylic acids is 1. The van der Waals surface area contributed by atoms with Gasteiger partial charge in [-0.2, -0.15) is 4.98 Å². The molecule has 0 aliphatic carbocycles. The topological polar surface area (TPSA) is 141 Å². The Hall–Kier alpha value is -4.51. The molecule has 0 radical (unpaired) electrons. The third-order valence-corrected chi connectivity index (χ3v) is 5.40. The monoisotopic (exact) mass is 508 g/mol. The molecule has 36 heavy (non-hydrogen) atoms. The predicted molar refractivity (Wildman–Crippen MR) is 132 cm³/mol.